The van der Waals surface area contributed by atoms with Gasteiger partial charge >= 0.3 is 0 Å². The number of carbonyl (C=O) groups excluding carboxylic acids is 1. The molecule has 34 heavy (non-hydrogen) atoms. The molecule has 3 fully saturated rings. The number of nitrogens with zero attached hydrogens (tertiary/aromatic N) is 3. The highest BCUT2D eigenvalue weighted by Crippen LogP contribution is 2.39. The lowest BCUT2D eigenvalue weighted by Crippen LogP contribution is -2.41. The van der Waals surface area contributed by atoms with Crippen LogP contribution in [0.4, 0.5) is 0 Å². The van der Waals surface area contributed by atoms with Gasteiger partial charge < -0.3 is 19.1 Å². The Labute approximate surface area is 200 Å². The molecule has 9 nitrogen and oxygen atoms in total. The lowest BCUT2D eigenvalue weighted by molar-refractivity contribution is -0.131. The first-order chi connectivity index (χ1) is 16.4. The van der Waals surface area contributed by atoms with Gasteiger partial charge in [0.2, 0.25) is 5.88 Å². The van der Waals surface area contributed by atoms with Crippen molar-refractivity contribution >= 4 is 21.6 Å². The van der Waals surface area contributed by atoms with Gasteiger partial charge in [-0.2, -0.15) is 4.40 Å². The summed E-state index contributed by atoms with van der Waals surface area (Å²) < 4.78 is 47.3. The molecule has 1 aromatic rings. The molecule has 1 saturated carbocycles. The minimum Gasteiger partial charge on any atom is -0.496 e. The van der Waals surface area contributed by atoms with Crippen molar-refractivity contribution in [2.45, 2.75) is 69.1 Å². The van der Waals surface area contributed by atoms with E-state index in [0.29, 0.717) is 55.6 Å². The predicted octanol–water partition coefficient (Wildman–Crippen LogP) is 2.85. The number of sulfonamides is 1. The maximum absolute atomic E-state index is 13.2. The highest BCUT2D eigenvalue weighted by molar-refractivity contribution is 7.90. The van der Waals surface area contributed by atoms with Gasteiger partial charge in [0.1, 0.15) is 17.2 Å². The van der Waals surface area contributed by atoms with Crippen LogP contribution in [0.5, 0.6) is 5.88 Å². The molecular formula is C24H31N3O6S. The van der Waals surface area contributed by atoms with Crippen LogP contribution in [0.2, 0.25) is 0 Å². The number of rotatable bonds is 2. The highest BCUT2D eigenvalue weighted by Gasteiger charge is 2.34. The Bertz CT molecular complexity index is 1100. The van der Waals surface area contributed by atoms with Crippen molar-refractivity contribution in [3.8, 4) is 5.88 Å². The summed E-state index contributed by atoms with van der Waals surface area (Å²) in [5, 5.41) is -0.646. The third-order valence-electron chi connectivity index (χ3n) is 7.19. The largest absolute Gasteiger partial charge is 0.496 e. The number of hydrogen-bond acceptors (Lipinski definition) is 7. The molecule has 2 bridgehead atoms. The van der Waals surface area contributed by atoms with E-state index in [1.165, 1.54) is 0 Å². The monoisotopic (exact) mass is 489 g/mol. The number of amides is 1. The standard InChI is InChI=1S/C24H31N3O6S/c1-16-8-10-25-24-23(16)17-4-6-18(7-5-17)32-14-21-20(3-2-11-27(21)22(28)15-33-24)26-34(29,30)19-9-12-31-13-19/h8,10,14,17-19H,2-7,9,11-13,15H2,1H3/b21-14-,26-20+/t17?,18?,19-/m1/s1. The van der Waals surface area contributed by atoms with E-state index in [4.69, 9.17) is 14.2 Å². The second-order valence-corrected chi connectivity index (χ2v) is 11.3. The van der Waals surface area contributed by atoms with Crippen molar-refractivity contribution in [3.63, 3.8) is 0 Å². The van der Waals surface area contributed by atoms with Crippen LogP contribution < -0.4 is 4.74 Å². The number of aromatic nitrogens is 1. The topological polar surface area (TPSA) is 107 Å². The minimum atomic E-state index is -3.75. The zero-order valence-corrected chi connectivity index (χ0v) is 20.3. The number of carbonyl (C=O) groups is 1. The van der Waals surface area contributed by atoms with Gasteiger partial charge in [-0.25, -0.2) is 13.4 Å². The van der Waals surface area contributed by atoms with Gasteiger partial charge in [0, 0.05) is 24.9 Å². The second-order valence-electron chi connectivity index (χ2n) is 9.44. The fourth-order valence-corrected chi connectivity index (χ4v) is 6.58. The van der Waals surface area contributed by atoms with E-state index in [-0.39, 0.29) is 25.2 Å². The molecule has 0 aromatic carbocycles. The average molecular weight is 490 g/mol. The van der Waals surface area contributed by atoms with Crippen LogP contribution in [0.3, 0.4) is 0 Å². The number of hydrogen-bond donors (Lipinski definition) is 0. The molecule has 1 aliphatic carbocycles. The molecule has 0 radical (unpaired) electrons. The summed E-state index contributed by atoms with van der Waals surface area (Å²) in [6.45, 7) is 2.88. The van der Waals surface area contributed by atoms with Crippen LogP contribution in [0.1, 0.15) is 62.0 Å². The van der Waals surface area contributed by atoms with Crippen LogP contribution in [0, 0.1) is 6.92 Å². The molecule has 1 atom stereocenters. The Hall–Kier alpha value is -2.46. The summed E-state index contributed by atoms with van der Waals surface area (Å²) in [6.07, 6.45) is 8.36. The van der Waals surface area contributed by atoms with E-state index in [0.717, 1.165) is 36.8 Å². The summed E-state index contributed by atoms with van der Waals surface area (Å²) in [5.74, 6) is 0.549. The Morgan fingerprint density at radius 1 is 1.18 bits per heavy atom. The van der Waals surface area contributed by atoms with E-state index in [1.54, 1.807) is 17.4 Å². The van der Waals surface area contributed by atoms with Crippen LogP contribution >= 0.6 is 0 Å². The zero-order valence-electron chi connectivity index (χ0n) is 19.4. The molecule has 1 aromatic heterocycles. The van der Waals surface area contributed by atoms with E-state index in [2.05, 4.69) is 16.3 Å². The number of pyridine rings is 1. The normalized spacial score (nSPS) is 30.7. The highest BCUT2D eigenvalue weighted by atomic mass is 32.2. The summed E-state index contributed by atoms with van der Waals surface area (Å²) in [4.78, 5) is 19.2. The molecule has 0 N–H and O–H groups in total. The van der Waals surface area contributed by atoms with Crippen molar-refractivity contribution in [3.05, 3.63) is 35.3 Å². The molecule has 0 spiro atoms. The maximum atomic E-state index is 13.2. The maximum Gasteiger partial charge on any atom is 0.265 e. The van der Waals surface area contributed by atoms with Gasteiger partial charge in [-0.15, -0.1) is 0 Å². The van der Waals surface area contributed by atoms with Gasteiger partial charge in [0.25, 0.3) is 15.9 Å². The third-order valence-corrected chi connectivity index (χ3v) is 8.88. The van der Waals surface area contributed by atoms with Gasteiger partial charge in [-0.05, 0) is 69.4 Å². The Kier molecular flexibility index (Phi) is 6.61. The van der Waals surface area contributed by atoms with Crippen molar-refractivity contribution in [1.82, 2.24) is 9.88 Å². The minimum absolute atomic E-state index is 0.00539. The Morgan fingerprint density at radius 3 is 2.76 bits per heavy atom. The molecule has 6 rings (SSSR count). The molecular weight excluding hydrogens is 458 g/mol. The quantitative estimate of drug-likeness (QED) is 0.629. The SMILES string of the molecule is Cc1ccnc2c1C1CCC(CC1)O/C=C1/C(=N/S(=O)(=O)[C@@H]3CCOC3)CCCN1C(=O)CO2. The molecule has 5 aliphatic rings. The van der Waals surface area contributed by atoms with Gasteiger partial charge in [0.15, 0.2) is 6.61 Å². The fourth-order valence-electron chi connectivity index (χ4n) is 5.28. The first kappa shape index (κ1) is 23.3. The smallest absolute Gasteiger partial charge is 0.265 e. The van der Waals surface area contributed by atoms with Crippen LogP contribution in [-0.2, 0) is 24.3 Å². The lowest BCUT2D eigenvalue weighted by Gasteiger charge is -2.31. The Morgan fingerprint density at radius 2 is 2.00 bits per heavy atom. The van der Waals surface area contributed by atoms with Crippen LogP contribution in [-0.4, -0.2) is 67.6 Å². The van der Waals surface area contributed by atoms with Gasteiger partial charge in [0.05, 0.1) is 18.4 Å². The molecule has 184 valence electrons. The van der Waals surface area contributed by atoms with Crippen molar-refractivity contribution < 1.29 is 27.4 Å². The zero-order chi connectivity index (χ0) is 23.7. The summed E-state index contributed by atoms with van der Waals surface area (Å²) >= 11 is 0. The fraction of sp³-hybridized carbons (Fsp3) is 0.625. The van der Waals surface area contributed by atoms with Crippen molar-refractivity contribution in [1.29, 1.82) is 0 Å². The summed E-state index contributed by atoms with van der Waals surface area (Å²) in [5.41, 5.74) is 2.97. The summed E-state index contributed by atoms with van der Waals surface area (Å²) in [6, 6.07) is 1.98. The lowest BCUT2D eigenvalue weighted by atomic mass is 9.81. The molecule has 4 aliphatic heterocycles. The number of ether oxygens (including phenoxy) is 3. The number of piperidine rings is 1. The van der Waals surface area contributed by atoms with E-state index in [9.17, 15) is 13.2 Å². The van der Waals surface area contributed by atoms with Crippen LogP contribution in [0.25, 0.3) is 0 Å². The van der Waals surface area contributed by atoms with E-state index < -0.39 is 15.3 Å². The molecule has 5 heterocycles. The van der Waals surface area contributed by atoms with Gasteiger partial charge in [-0.3, -0.25) is 4.79 Å². The summed E-state index contributed by atoms with van der Waals surface area (Å²) in [7, 11) is -3.75. The van der Waals surface area contributed by atoms with Crippen LogP contribution in [0.15, 0.2) is 28.6 Å². The predicted molar refractivity (Wildman–Crippen MR) is 125 cm³/mol. The van der Waals surface area contributed by atoms with Crippen molar-refractivity contribution in [2.75, 3.05) is 26.4 Å². The molecule has 10 heteroatoms. The number of aryl methyl sites for hydroxylation is 1. The third kappa shape index (κ3) is 4.70. The molecule has 2 saturated heterocycles. The van der Waals surface area contributed by atoms with E-state index in [1.807, 2.05) is 6.07 Å². The van der Waals surface area contributed by atoms with Crippen molar-refractivity contribution in [2.24, 2.45) is 4.40 Å². The van der Waals surface area contributed by atoms with Gasteiger partial charge in [-0.1, -0.05) is 0 Å². The average Bonchev–Trinajstić information content (AvgIpc) is 3.38. The molecule has 1 amide bonds. The Balaban J connectivity index is 1.49. The number of allylic oxidation sites excluding steroid dienone is 1. The second kappa shape index (κ2) is 9.65. The number of fused-ring (bicyclic) bond motifs is 5. The molecule has 0 unspecified atom stereocenters. The first-order valence-corrected chi connectivity index (χ1v) is 13.6. The first-order valence-electron chi connectivity index (χ1n) is 12.1. The van der Waals surface area contributed by atoms with E-state index >= 15 is 0 Å².